The Morgan fingerprint density at radius 3 is 2.67 bits per heavy atom. The highest BCUT2D eigenvalue weighted by Gasteiger charge is 2.34. The van der Waals surface area contributed by atoms with Gasteiger partial charge in [-0.25, -0.2) is 4.98 Å². The van der Waals surface area contributed by atoms with Gasteiger partial charge in [-0.1, -0.05) is 6.07 Å². The number of nitrogens with zero attached hydrogens (tertiary/aromatic N) is 1. The van der Waals surface area contributed by atoms with Crippen molar-refractivity contribution in [2.45, 2.75) is 32.7 Å². The summed E-state index contributed by atoms with van der Waals surface area (Å²) in [5, 5.41) is 4.12. The van der Waals surface area contributed by atoms with Crippen LogP contribution < -0.4 is 14.8 Å². The topological polar surface area (TPSA) is 60.5 Å². The third-order valence-electron chi connectivity index (χ3n) is 4.42. The van der Waals surface area contributed by atoms with Crippen LogP contribution in [0.25, 0.3) is 0 Å². The molecule has 1 amide bonds. The Labute approximate surface area is 145 Å². The predicted octanol–water partition coefficient (Wildman–Crippen LogP) is 3.41. The van der Waals surface area contributed by atoms with Crippen LogP contribution in [0.15, 0.2) is 18.2 Å². The molecule has 24 heavy (non-hydrogen) atoms. The molecule has 1 atom stereocenters. The zero-order valence-corrected chi connectivity index (χ0v) is 14.6. The van der Waals surface area contributed by atoms with Gasteiger partial charge < -0.3 is 14.8 Å². The molecule has 126 valence electrons. The van der Waals surface area contributed by atoms with Crippen molar-refractivity contribution in [2.24, 2.45) is 5.92 Å². The van der Waals surface area contributed by atoms with Crippen molar-refractivity contribution in [3.63, 3.8) is 0 Å². The number of fused-ring (bicyclic) bond motifs is 1. The molecule has 0 bridgehead atoms. The molecule has 2 aromatic rings. The molecular weight excluding hydrogens is 324 g/mol. The summed E-state index contributed by atoms with van der Waals surface area (Å²) in [6.45, 7) is 4.96. The van der Waals surface area contributed by atoms with Crippen molar-refractivity contribution in [3.8, 4) is 11.5 Å². The van der Waals surface area contributed by atoms with Gasteiger partial charge in [0.25, 0.3) is 5.91 Å². The Kier molecular flexibility index (Phi) is 3.92. The molecule has 0 saturated heterocycles. The van der Waals surface area contributed by atoms with E-state index in [9.17, 15) is 4.79 Å². The first-order valence-electron chi connectivity index (χ1n) is 8.26. The van der Waals surface area contributed by atoms with Crippen LogP contribution >= 0.6 is 11.3 Å². The van der Waals surface area contributed by atoms with Crippen LogP contribution in [-0.2, 0) is 0 Å². The maximum atomic E-state index is 12.7. The molecule has 4 rings (SSSR count). The van der Waals surface area contributed by atoms with Crippen LogP contribution in [0.5, 0.6) is 11.5 Å². The van der Waals surface area contributed by atoms with Gasteiger partial charge in [-0.2, -0.15) is 0 Å². The minimum absolute atomic E-state index is 0.00938. The Morgan fingerprint density at radius 1 is 1.25 bits per heavy atom. The minimum Gasteiger partial charge on any atom is -0.486 e. The second-order valence-corrected chi connectivity index (χ2v) is 7.54. The lowest BCUT2D eigenvalue weighted by Gasteiger charge is -2.23. The second kappa shape index (κ2) is 6.09. The summed E-state index contributed by atoms with van der Waals surface area (Å²) in [5.74, 6) is 2.00. The normalized spacial score (nSPS) is 17.4. The number of nitrogens with one attached hydrogen (secondary N) is 1. The van der Waals surface area contributed by atoms with Crippen LogP contribution in [0.4, 0.5) is 0 Å². The number of aryl methyl sites for hydroxylation is 2. The van der Waals surface area contributed by atoms with Gasteiger partial charge in [-0.05, 0) is 50.3 Å². The molecule has 1 fully saturated rings. The van der Waals surface area contributed by atoms with Gasteiger partial charge in [0.1, 0.15) is 18.1 Å². The summed E-state index contributed by atoms with van der Waals surface area (Å²) >= 11 is 1.45. The molecule has 1 saturated carbocycles. The summed E-state index contributed by atoms with van der Waals surface area (Å²) < 4.78 is 11.3. The van der Waals surface area contributed by atoms with Crippen molar-refractivity contribution in [2.75, 3.05) is 13.2 Å². The molecule has 1 aromatic carbocycles. The average molecular weight is 344 g/mol. The third kappa shape index (κ3) is 2.98. The zero-order chi connectivity index (χ0) is 16.7. The van der Waals surface area contributed by atoms with E-state index in [0.717, 1.165) is 40.6 Å². The lowest BCUT2D eigenvalue weighted by Crippen LogP contribution is -2.30. The van der Waals surface area contributed by atoms with Crippen LogP contribution in [0.2, 0.25) is 0 Å². The maximum absolute atomic E-state index is 12.7. The number of rotatable bonds is 4. The van der Waals surface area contributed by atoms with Crippen LogP contribution in [0.1, 0.15) is 44.8 Å². The molecule has 1 aromatic heterocycles. The first-order chi connectivity index (χ1) is 11.6. The number of benzene rings is 1. The molecule has 1 aliphatic heterocycles. The highest BCUT2D eigenvalue weighted by atomic mass is 32.1. The second-order valence-electron chi connectivity index (χ2n) is 6.34. The zero-order valence-electron chi connectivity index (χ0n) is 13.8. The molecule has 0 spiro atoms. The molecule has 2 aliphatic rings. The maximum Gasteiger partial charge on any atom is 0.263 e. The number of hydrogen-bond acceptors (Lipinski definition) is 5. The molecular formula is C18H20N2O3S. The Bertz CT molecular complexity index is 783. The van der Waals surface area contributed by atoms with Gasteiger partial charge in [0.15, 0.2) is 11.5 Å². The lowest BCUT2D eigenvalue weighted by atomic mass is 10.0. The molecule has 1 aliphatic carbocycles. The Hall–Kier alpha value is -2.08. The molecule has 0 radical (unpaired) electrons. The van der Waals surface area contributed by atoms with Crippen LogP contribution in [-0.4, -0.2) is 24.1 Å². The summed E-state index contributed by atoms with van der Waals surface area (Å²) in [4.78, 5) is 17.7. The van der Waals surface area contributed by atoms with Crippen molar-refractivity contribution < 1.29 is 14.3 Å². The highest BCUT2D eigenvalue weighted by molar-refractivity contribution is 7.13. The fraction of sp³-hybridized carbons (Fsp3) is 0.444. The van der Waals surface area contributed by atoms with Gasteiger partial charge in [-0.3, -0.25) is 4.79 Å². The summed E-state index contributed by atoms with van der Waals surface area (Å²) in [6, 6.07) is 5.98. The third-order valence-corrected chi connectivity index (χ3v) is 5.49. The molecule has 1 N–H and O–H groups in total. The van der Waals surface area contributed by atoms with Crippen LogP contribution in [0.3, 0.4) is 0 Å². The largest absolute Gasteiger partial charge is 0.486 e. The van der Waals surface area contributed by atoms with E-state index in [4.69, 9.17) is 9.47 Å². The van der Waals surface area contributed by atoms with Crippen molar-refractivity contribution >= 4 is 17.2 Å². The van der Waals surface area contributed by atoms with Crippen molar-refractivity contribution in [1.29, 1.82) is 0 Å². The molecule has 5 nitrogen and oxygen atoms in total. The Morgan fingerprint density at radius 2 is 2.00 bits per heavy atom. The van der Waals surface area contributed by atoms with Gasteiger partial charge in [-0.15, -0.1) is 11.3 Å². The van der Waals surface area contributed by atoms with E-state index < -0.39 is 0 Å². The van der Waals surface area contributed by atoms with Gasteiger partial charge >= 0.3 is 0 Å². The van der Waals surface area contributed by atoms with Crippen molar-refractivity contribution in [3.05, 3.63) is 39.3 Å². The summed E-state index contributed by atoms with van der Waals surface area (Å²) in [6.07, 6.45) is 2.28. The first-order valence-corrected chi connectivity index (χ1v) is 9.08. The van der Waals surface area contributed by atoms with E-state index in [0.29, 0.717) is 24.0 Å². The van der Waals surface area contributed by atoms with Gasteiger partial charge in [0.2, 0.25) is 0 Å². The predicted molar refractivity (Wildman–Crippen MR) is 92.0 cm³/mol. The van der Waals surface area contributed by atoms with E-state index in [2.05, 4.69) is 10.3 Å². The lowest BCUT2D eigenvalue weighted by molar-refractivity contribution is 0.0934. The van der Waals surface area contributed by atoms with Gasteiger partial charge in [0.05, 0.1) is 16.7 Å². The molecule has 6 heteroatoms. The van der Waals surface area contributed by atoms with Crippen LogP contribution in [0, 0.1) is 19.8 Å². The first kappa shape index (κ1) is 15.4. The molecule has 0 unspecified atom stereocenters. The van der Waals surface area contributed by atoms with E-state index in [1.165, 1.54) is 11.3 Å². The standard InChI is InChI=1S/C18H20N2O3S/c1-10-17(24-11(2)19-10)18(21)20-16(12-3-4-12)13-5-6-14-15(9-13)23-8-7-22-14/h5-6,9,12,16H,3-4,7-8H2,1-2H3,(H,20,21)/t16-/m1/s1. The number of aromatic nitrogens is 1. The fourth-order valence-electron chi connectivity index (χ4n) is 3.11. The van der Waals surface area contributed by atoms with E-state index in [1.54, 1.807) is 0 Å². The van der Waals surface area contributed by atoms with Gasteiger partial charge in [0, 0.05) is 0 Å². The monoisotopic (exact) mass is 344 g/mol. The number of carbonyl (C=O) groups excluding carboxylic acids is 1. The highest BCUT2D eigenvalue weighted by Crippen LogP contribution is 2.43. The number of thiazole rings is 1. The van der Waals surface area contributed by atoms with E-state index in [-0.39, 0.29) is 11.9 Å². The summed E-state index contributed by atoms with van der Waals surface area (Å²) in [7, 11) is 0. The number of ether oxygens (including phenoxy) is 2. The fourth-order valence-corrected chi connectivity index (χ4v) is 3.93. The number of hydrogen-bond donors (Lipinski definition) is 1. The number of amides is 1. The quantitative estimate of drug-likeness (QED) is 0.923. The smallest absolute Gasteiger partial charge is 0.263 e. The average Bonchev–Trinajstić information content (AvgIpc) is 3.36. The summed E-state index contributed by atoms with van der Waals surface area (Å²) in [5.41, 5.74) is 1.88. The molecule has 2 heterocycles. The van der Waals surface area contributed by atoms with E-state index in [1.807, 2.05) is 32.0 Å². The Balaban J connectivity index is 1.59. The SMILES string of the molecule is Cc1nc(C)c(C(=O)N[C@@H](c2ccc3c(c2)OCCO3)C2CC2)s1. The van der Waals surface area contributed by atoms with Crippen molar-refractivity contribution in [1.82, 2.24) is 10.3 Å². The number of carbonyl (C=O) groups is 1. The van der Waals surface area contributed by atoms with E-state index >= 15 is 0 Å². The minimum atomic E-state index is -0.0371.